The second-order valence-electron chi connectivity index (χ2n) is 6.09. The molecule has 130 valence electrons. The molecule has 0 fully saturated rings. The van der Waals surface area contributed by atoms with Gasteiger partial charge in [0.15, 0.2) is 5.76 Å². The van der Waals surface area contributed by atoms with E-state index in [1.807, 2.05) is 0 Å². The highest BCUT2D eigenvalue weighted by atomic mass is 16.3. The molecule has 25 heavy (non-hydrogen) atoms. The molecular weight excluding hydrogens is 316 g/mol. The number of hydrogen-bond acceptors (Lipinski definition) is 3. The topological polar surface area (TPSA) is 71.3 Å². The maximum Gasteiger partial charge on any atom is 0.291 e. The number of rotatable bonds is 6. The molecular formula is C20H22N2O3. The predicted molar refractivity (Wildman–Crippen MR) is 96.6 cm³/mol. The van der Waals surface area contributed by atoms with E-state index in [-0.39, 0.29) is 17.6 Å². The third-order valence-corrected chi connectivity index (χ3v) is 4.28. The van der Waals surface area contributed by atoms with E-state index in [9.17, 15) is 9.59 Å². The normalized spacial score (nSPS) is 13.8. The summed E-state index contributed by atoms with van der Waals surface area (Å²) in [4.78, 5) is 24.6. The van der Waals surface area contributed by atoms with Gasteiger partial charge in [0.25, 0.3) is 11.8 Å². The average molecular weight is 338 g/mol. The van der Waals surface area contributed by atoms with Crippen molar-refractivity contribution in [2.75, 3.05) is 11.9 Å². The van der Waals surface area contributed by atoms with Crippen LogP contribution in [0.2, 0.25) is 0 Å². The highest BCUT2D eigenvalue weighted by Crippen LogP contribution is 2.20. The average Bonchev–Trinajstić information content (AvgIpc) is 3.18. The van der Waals surface area contributed by atoms with Crippen molar-refractivity contribution in [2.24, 2.45) is 0 Å². The Morgan fingerprint density at radius 2 is 1.92 bits per heavy atom. The van der Waals surface area contributed by atoms with E-state index in [2.05, 4.69) is 16.7 Å². The number of carbonyl (C=O) groups excluding carboxylic acids is 2. The molecule has 2 N–H and O–H groups in total. The van der Waals surface area contributed by atoms with Gasteiger partial charge in [-0.1, -0.05) is 23.8 Å². The van der Waals surface area contributed by atoms with Crippen LogP contribution in [-0.2, 0) is 0 Å². The summed E-state index contributed by atoms with van der Waals surface area (Å²) < 4.78 is 5.08. The first kappa shape index (κ1) is 17.0. The Balaban J connectivity index is 1.60. The van der Waals surface area contributed by atoms with E-state index in [1.54, 1.807) is 36.4 Å². The lowest BCUT2D eigenvalue weighted by Crippen LogP contribution is -2.26. The van der Waals surface area contributed by atoms with Gasteiger partial charge in [-0.05, 0) is 56.4 Å². The van der Waals surface area contributed by atoms with E-state index in [1.165, 1.54) is 24.7 Å². The predicted octanol–water partition coefficient (Wildman–Crippen LogP) is 4.15. The summed E-state index contributed by atoms with van der Waals surface area (Å²) in [5.74, 6) is -0.358. The van der Waals surface area contributed by atoms with Crippen LogP contribution >= 0.6 is 0 Å². The van der Waals surface area contributed by atoms with Gasteiger partial charge in [-0.2, -0.15) is 0 Å². The molecule has 0 unspecified atom stereocenters. The molecule has 2 aromatic rings. The standard InChI is InChI=1S/C20H22N2O3/c23-19(21-13-12-15-7-2-1-3-8-15)16-9-4-5-10-17(16)22-20(24)18-11-6-14-25-18/h4-7,9-11,14H,1-3,8,12-13H2,(H,21,23)(H,22,24). The number of benzene rings is 1. The summed E-state index contributed by atoms with van der Waals surface area (Å²) in [6.45, 7) is 0.602. The monoisotopic (exact) mass is 338 g/mol. The minimum atomic E-state index is -0.377. The SMILES string of the molecule is O=C(Nc1ccccc1C(=O)NCCC1=CCCCC1)c1ccco1. The Morgan fingerprint density at radius 3 is 2.68 bits per heavy atom. The van der Waals surface area contributed by atoms with Crippen LogP contribution in [0.3, 0.4) is 0 Å². The van der Waals surface area contributed by atoms with Crippen molar-refractivity contribution in [3.63, 3.8) is 0 Å². The second-order valence-corrected chi connectivity index (χ2v) is 6.09. The molecule has 2 amide bonds. The number of anilines is 1. The zero-order valence-electron chi connectivity index (χ0n) is 14.1. The Bertz CT molecular complexity index is 763. The van der Waals surface area contributed by atoms with Gasteiger partial charge in [-0.15, -0.1) is 0 Å². The van der Waals surface area contributed by atoms with Gasteiger partial charge in [0.05, 0.1) is 17.5 Å². The van der Waals surface area contributed by atoms with Crippen molar-refractivity contribution >= 4 is 17.5 Å². The van der Waals surface area contributed by atoms with E-state index in [4.69, 9.17) is 4.42 Å². The first-order chi connectivity index (χ1) is 12.2. The molecule has 1 aliphatic carbocycles. The molecule has 0 saturated heterocycles. The number of amides is 2. The summed E-state index contributed by atoms with van der Waals surface area (Å²) in [6.07, 6.45) is 9.38. The Morgan fingerprint density at radius 1 is 1.04 bits per heavy atom. The molecule has 1 aromatic heterocycles. The van der Waals surface area contributed by atoms with Gasteiger partial charge >= 0.3 is 0 Å². The van der Waals surface area contributed by atoms with Gasteiger partial charge in [0, 0.05) is 6.54 Å². The van der Waals surface area contributed by atoms with Crippen molar-refractivity contribution in [3.8, 4) is 0 Å². The number of carbonyl (C=O) groups is 2. The van der Waals surface area contributed by atoms with Crippen LogP contribution in [0, 0.1) is 0 Å². The molecule has 1 heterocycles. The molecule has 3 rings (SSSR count). The van der Waals surface area contributed by atoms with E-state index in [0.29, 0.717) is 17.8 Å². The molecule has 1 aliphatic rings. The zero-order chi connectivity index (χ0) is 17.5. The molecule has 0 spiro atoms. The number of allylic oxidation sites excluding steroid dienone is 1. The smallest absolute Gasteiger partial charge is 0.291 e. The summed E-state index contributed by atoms with van der Waals surface area (Å²) in [5.41, 5.74) is 2.34. The van der Waals surface area contributed by atoms with Crippen LogP contribution in [0.15, 0.2) is 58.7 Å². The van der Waals surface area contributed by atoms with Crippen LogP contribution in [0.1, 0.15) is 53.0 Å². The zero-order valence-corrected chi connectivity index (χ0v) is 14.1. The van der Waals surface area contributed by atoms with Crippen molar-refractivity contribution in [2.45, 2.75) is 32.1 Å². The molecule has 0 bridgehead atoms. The molecule has 5 heteroatoms. The van der Waals surface area contributed by atoms with Crippen molar-refractivity contribution in [3.05, 3.63) is 65.6 Å². The fourth-order valence-corrected chi connectivity index (χ4v) is 2.95. The van der Waals surface area contributed by atoms with Gasteiger partial charge in [0.1, 0.15) is 0 Å². The van der Waals surface area contributed by atoms with Crippen LogP contribution < -0.4 is 10.6 Å². The maximum absolute atomic E-state index is 12.5. The third kappa shape index (κ3) is 4.59. The van der Waals surface area contributed by atoms with E-state index >= 15 is 0 Å². The molecule has 0 atom stereocenters. The Labute approximate surface area is 147 Å². The minimum Gasteiger partial charge on any atom is -0.459 e. The van der Waals surface area contributed by atoms with Crippen molar-refractivity contribution < 1.29 is 14.0 Å². The van der Waals surface area contributed by atoms with Gasteiger partial charge in [-0.3, -0.25) is 9.59 Å². The highest BCUT2D eigenvalue weighted by Gasteiger charge is 2.15. The van der Waals surface area contributed by atoms with E-state index < -0.39 is 0 Å². The highest BCUT2D eigenvalue weighted by molar-refractivity contribution is 6.07. The lowest BCUT2D eigenvalue weighted by Gasteiger charge is -2.14. The lowest BCUT2D eigenvalue weighted by atomic mass is 9.97. The fraction of sp³-hybridized carbons (Fsp3) is 0.300. The van der Waals surface area contributed by atoms with Gasteiger partial charge in [-0.25, -0.2) is 0 Å². The Kier molecular flexibility index (Phi) is 5.67. The molecule has 0 saturated carbocycles. The van der Waals surface area contributed by atoms with Crippen LogP contribution in [-0.4, -0.2) is 18.4 Å². The number of furan rings is 1. The van der Waals surface area contributed by atoms with Crippen LogP contribution in [0.25, 0.3) is 0 Å². The maximum atomic E-state index is 12.5. The minimum absolute atomic E-state index is 0.188. The first-order valence-corrected chi connectivity index (χ1v) is 8.64. The van der Waals surface area contributed by atoms with Crippen molar-refractivity contribution in [1.29, 1.82) is 0 Å². The number of para-hydroxylation sites is 1. The summed E-state index contributed by atoms with van der Waals surface area (Å²) in [5, 5.41) is 5.67. The Hall–Kier alpha value is -2.82. The first-order valence-electron chi connectivity index (χ1n) is 8.64. The number of hydrogen-bond donors (Lipinski definition) is 2. The lowest BCUT2D eigenvalue weighted by molar-refractivity contribution is 0.0955. The summed E-state index contributed by atoms with van der Waals surface area (Å²) >= 11 is 0. The quantitative estimate of drug-likeness (QED) is 0.777. The van der Waals surface area contributed by atoms with Crippen LogP contribution in [0.4, 0.5) is 5.69 Å². The number of nitrogens with one attached hydrogen (secondary N) is 2. The summed E-state index contributed by atoms with van der Waals surface area (Å²) in [6, 6.07) is 10.2. The third-order valence-electron chi connectivity index (χ3n) is 4.28. The fourth-order valence-electron chi connectivity index (χ4n) is 2.95. The molecule has 0 radical (unpaired) electrons. The molecule has 1 aromatic carbocycles. The van der Waals surface area contributed by atoms with Crippen molar-refractivity contribution in [1.82, 2.24) is 5.32 Å². The van der Waals surface area contributed by atoms with Gasteiger partial charge < -0.3 is 15.1 Å². The molecule has 5 nitrogen and oxygen atoms in total. The van der Waals surface area contributed by atoms with Crippen LogP contribution in [0.5, 0.6) is 0 Å². The van der Waals surface area contributed by atoms with E-state index in [0.717, 1.165) is 19.3 Å². The van der Waals surface area contributed by atoms with Gasteiger partial charge in [0.2, 0.25) is 0 Å². The summed E-state index contributed by atoms with van der Waals surface area (Å²) in [7, 11) is 0. The second kappa shape index (κ2) is 8.33. The molecule has 0 aliphatic heterocycles. The largest absolute Gasteiger partial charge is 0.459 e.